The highest BCUT2D eigenvalue weighted by atomic mass is 79.9. The zero-order valence-corrected chi connectivity index (χ0v) is 10.1. The summed E-state index contributed by atoms with van der Waals surface area (Å²) in [6, 6.07) is 3.98. The number of benzene rings is 1. The number of halogens is 1. The highest BCUT2D eigenvalue weighted by molar-refractivity contribution is 9.10. The minimum atomic E-state index is 0.800. The van der Waals surface area contributed by atoms with E-state index >= 15 is 0 Å². The number of aldehydes is 1. The molecule has 0 fully saturated rings. The molecule has 0 radical (unpaired) electrons. The van der Waals surface area contributed by atoms with Crippen LogP contribution in [0.15, 0.2) is 22.0 Å². The predicted octanol–water partition coefficient (Wildman–Crippen LogP) is 4.04. The predicted molar refractivity (Wildman–Crippen MR) is 64.3 cm³/mol. The van der Waals surface area contributed by atoms with Gasteiger partial charge in [-0.3, -0.25) is 4.79 Å². The molecule has 0 amide bonds. The molecule has 2 rings (SSSR count). The minimum absolute atomic E-state index is 0.800. The van der Waals surface area contributed by atoms with Crippen molar-refractivity contribution < 1.29 is 4.79 Å². The summed E-state index contributed by atoms with van der Waals surface area (Å²) >= 11 is 5.17. The van der Waals surface area contributed by atoms with Crippen LogP contribution >= 0.6 is 27.3 Å². The monoisotopic (exact) mass is 268 g/mol. The average Bonchev–Trinajstić information content (AvgIpc) is 2.66. The molecule has 0 spiro atoms. The highest BCUT2D eigenvalue weighted by Crippen LogP contribution is 2.33. The summed E-state index contributed by atoms with van der Waals surface area (Å²) in [5.41, 5.74) is 1.96. The van der Waals surface area contributed by atoms with Crippen LogP contribution in [0, 0.1) is 0 Å². The van der Waals surface area contributed by atoms with Crippen LogP contribution in [0.1, 0.15) is 22.8 Å². The molecule has 0 N–H and O–H groups in total. The van der Waals surface area contributed by atoms with Crippen LogP contribution in [-0.4, -0.2) is 6.29 Å². The standard InChI is InChI=1S/C11H9BrOS/c1-2-8-7(6-13)5-10(12)9-3-4-14-11(8)9/h3-6H,2H2,1H3. The van der Waals surface area contributed by atoms with Gasteiger partial charge in [0.2, 0.25) is 0 Å². The van der Waals surface area contributed by atoms with Crippen molar-refractivity contribution in [2.45, 2.75) is 13.3 Å². The fourth-order valence-electron chi connectivity index (χ4n) is 1.63. The van der Waals surface area contributed by atoms with Crippen molar-refractivity contribution in [3.05, 3.63) is 33.1 Å². The van der Waals surface area contributed by atoms with Crippen molar-refractivity contribution >= 4 is 43.6 Å². The second-order valence-corrected chi connectivity index (χ2v) is 4.83. The van der Waals surface area contributed by atoms with Gasteiger partial charge in [0.05, 0.1) is 0 Å². The van der Waals surface area contributed by atoms with E-state index in [1.165, 1.54) is 10.1 Å². The lowest BCUT2D eigenvalue weighted by Crippen LogP contribution is -1.91. The van der Waals surface area contributed by atoms with Crippen molar-refractivity contribution in [3.63, 3.8) is 0 Å². The number of carbonyl (C=O) groups is 1. The van der Waals surface area contributed by atoms with Gasteiger partial charge >= 0.3 is 0 Å². The lowest BCUT2D eigenvalue weighted by Gasteiger charge is -2.05. The second kappa shape index (κ2) is 3.83. The van der Waals surface area contributed by atoms with Crippen LogP contribution in [0.25, 0.3) is 10.1 Å². The maximum atomic E-state index is 10.9. The Labute approximate surface area is 94.9 Å². The van der Waals surface area contributed by atoms with Gasteiger partial charge in [-0.1, -0.05) is 22.9 Å². The summed E-state index contributed by atoms with van der Waals surface area (Å²) < 4.78 is 2.23. The van der Waals surface area contributed by atoms with Crippen molar-refractivity contribution in [2.75, 3.05) is 0 Å². The fraction of sp³-hybridized carbons (Fsp3) is 0.182. The van der Waals surface area contributed by atoms with E-state index in [9.17, 15) is 4.79 Å². The molecule has 0 saturated carbocycles. The Hall–Kier alpha value is -0.670. The molecule has 2 aromatic rings. The molecule has 0 aliphatic rings. The van der Waals surface area contributed by atoms with Crippen LogP contribution in [0.2, 0.25) is 0 Å². The zero-order chi connectivity index (χ0) is 10.1. The molecule has 1 aromatic heterocycles. The molecule has 1 aromatic carbocycles. The SMILES string of the molecule is CCc1c(C=O)cc(Br)c2ccsc12. The van der Waals surface area contributed by atoms with Crippen LogP contribution < -0.4 is 0 Å². The Morgan fingerprint density at radius 2 is 2.36 bits per heavy atom. The molecular formula is C11H9BrOS. The molecule has 14 heavy (non-hydrogen) atoms. The van der Waals surface area contributed by atoms with Gasteiger partial charge in [-0.05, 0) is 29.5 Å². The third-order valence-electron chi connectivity index (χ3n) is 2.31. The summed E-state index contributed by atoms with van der Waals surface area (Å²) in [6.45, 7) is 2.08. The molecule has 1 nitrogen and oxygen atoms in total. The first-order valence-corrected chi connectivity index (χ1v) is 6.09. The molecule has 0 aliphatic heterocycles. The van der Waals surface area contributed by atoms with Crippen LogP contribution in [0.3, 0.4) is 0 Å². The number of hydrogen-bond donors (Lipinski definition) is 0. The maximum absolute atomic E-state index is 10.9. The van der Waals surface area contributed by atoms with Gasteiger partial charge in [0.25, 0.3) is 0 Å². The van der Waals surface area contributed by atoms with Gasteiger partial charge in [0.1, 0.15) is 6.29 Å². The molecule has 1 heterocycles. The topological polar surface area (TPSA) is 17.1 Å². The number of aryl methyl sites for hydroxylation is 1. The van der Waals surface area contributed by atoms with Crippen molar-refractivity contribution in [2.24, 2.45) is 0 Å². The minimum Gasteiger partial charge on any atom is -0.298 e. The summed E-state index contributed by atoms with van der Waals surface area (Å²) in [7, 11) is 0. The van der Waals surface area contributed by atoms with Gasteiger partial charge in [-0.25, -0.2) is 0 Å². The quantitative estimate of drug-likeness (QED) is 0.752. The highest BCUT2D eigenvalue weighted by Gasteiger charge is 2.09. The lowest BCUT2D eigenvalue weighted by molar-refractivity contribution is 0.112. The van der Waals surface area contributed by atoms with Gasteiger partial charge in [-0.2, -0.15) is 0 Å². The van der Waals surface area contributed by atoms with E-state index in [1.54, 1.807) is 11.3 Å². The number of rotatable bonds is 2. The first kappa shape index (κ1) is 9.87. The summed E-state index contributed by atoms with van der Waals surface area (Å²) in [5.74, 6) is 0. The molecule has 0 saturated heterocycles. The molecule has 72 valence electrons. The van der Waals surface area contributed by atoms with E-state index in [4.69, 9.17) is 0 Å². The second-order valence-electron chi connectivity index (χ2n) is 3.06. The third-order valence-corrected chi connectivity index (χ3v) is 3.94. The zero-order valence-electron chi connectivity index (χ0n) is 7.71. The molecule has 3 heteroatoms. The molecule has 0 aliphatic carbocycles. The van der Waals surface area contributed by atoms with Crippen molar-refractivity contribution in [3.8, 4) is 0 Å². The van der Waals surface area contributed by atoms with E-state index < -0.39 is 0 Å². The fourth-order valence-corrected chi connectivity index (χ4v) is 3.39. The number of hydrogen-bond acceptors (Lipinski definition) is 2. The first-order chi connectivity index (χ1) is 6.77. The smallest absolute Gasteiger partial charge is 0.150 e. The normalized spacial score (nSPS) is 10.7. The molecule has 0 atom stereocenters. The van der Waals surface area contributed by atoms with Crippen LogP contribution in [0.5, 0.6) is 0 Å². The van der Waals surface area contributed by atoms with Gasteiger partial charge in [-0.15, -0.1) is 11.3 Å². The third kappa shape index (κ3) is 1.41. The van der Waals surface area contributed by atoms with E-state index in [0.717, 1.165) is 28.3 Å². The van der Waals surface area contributed by atoms with E-state index in [2.05, 4.69) is 34.3 Å². The Kier molecular flexibility index (Phi) is 2.70. The van der Waals surface area contributed by atoms with Crippen LogP contribution in [0.4, 0.5) is 0 Å². The first-order valence-electron chi connectivity index (χ1n) is 4.41. The Bertz CT molecular complexity index is 487. The molecular weight excluding hydrogens is 260 g/mol. The Balaban J connectivity index is 2.88. The van der Waals surface area contributed by atoms with E-state index in [0.29, 0.717) is 0 Å². The average molecular weight is 269 g/mol. The van der Waals surface area contributed by atoms with E-state index in [-0.39, 0.29) is 0 Å². The van der Waals surface area contributed by atoms with Gasteiger partial charge < -0.3 is 0 Å². The summed E-state index contributed by atoms with van der Waals surface area (Å²) in [4.78, 5) is 10.9. The number of carbonyl (C=O) groups excluding carboxylic acids is 1. The largest absolute Gasteiger partial charge is 0.298 e. The van der Waals surface area contributed by atoms with Crippen molar-refractivity contribution in [1.82, 2.24) is 0 Å². The van der Waals surface area contributed by atoms with E-state index in [1.807, 2.05) is 6.07 Å². The maximum Gasteiger partial charge on any atom is 0.150 e. The Morgan fingerprint density at radius 1 is 1.57 bits per heavy atom. The van der Waals surface area contributed by atoms with Gasteiger partial charge in [0.15, 0.2) is 0 Å². The molecule has 0 bridgehead atoms. The van der Waals surface area contributed by atoms with Crippen molar-refractivity contribution in [1.29, 1.82) is 0 Å². The Morgan fingerprint density at radius 3 is 3.00 bits per heavy atom. The molecule has 0 unspecified atom stereocenters. The summed E-state index contributed by atoms with van der Waals surface area (Å²) in [5, 5.41) is 3.26. The van der Waals surface area contributed by atoms with Crippen LogP contribution in [-0.2, 0) is 6.42 Å². The summed E-state index contributed by atoms with van der Waals surface area (Å²) in [6.07, 6.45) is 1.83. The lowest BCUT2D eigenvalue weighted by atomic mass is 10.0. The number of fused-ring (bicyclic) bond motifs is 1. The number of thiophene rings is 1. The van der Waals surface area contributed by atoms with Gasteiger partial charge in [0, 0.05) is 20.1 Å².